The number of methoxy groups -OCH3 is 1. The van der Waals surface area contributed by atoms with Gasteiger partial charge >= 0.3 is 5.97 Å². The van der Waals surface area contributed by atoms with Gasteiger partial charge in [0.25, 0.3) is 0 Å². The third-order valence-electron chi connectivity index (χ3n) is 4.86. The summed E-state index contributed by atoms with van der Waals surface area (Å²) in [6.45, 7) is 0.939. The zero-order valence-electron chi connectivity index (χ0n) is 17.7. The van der Waals surface area contributed by atoms with Crippen molar-refractivity contribution in [2.24, 2.45) is 0 Å². The van der Waals surface area contributed by atoms with E-state index in [1.54, 1.807) is 6.08 Å². The zero-order chi connectivity index (χ0) is 22.6. The normalized spacial score (nSPS) is 14.3. The third kappa shape index (κ3) is 8.04. The highest BCUT2D eigenvalue weighted by molar-refractivity contribution is 6.02. The molecule has 31 heavy (non-hydrogen) atoms. The molecule has 0 spiro atoms. The minimum Gasteiger partial charge on any atom is -0.481 e. The third-order valence-corrected chi connectivity index (χ3v) is 4.86. The largest absolute Gasteiger partial charge is 0.481 e. The summed E-state index contributed by atoms with van der Waals surface area (Å²) in [5.41, 5.74) is 2.92. The number of nitrogens with one attached hydrogen (secondary N) is 5. The fourth-order valence-corrected chi connectivity index (χ4v) is 3.26. The van der Waals surface area contributed by atoms with Crippen LogP contribution >= 0.6 is 0 Å². The molecule has 1 aliphatic heterocycles. The predicted molar refractivity (Wildman–Crippen MR) is 122 cm³/mol. The van der Waals surface area contributed by atoms with Crippen LogP contribution in [0.2, 0.25) is 0 Å². The smallest absolute Gasteiger partial charge is 0.305 e. The Hall–Kier alpha value is -3.49. The van der Waals surface area contributed by atoms with Crippen LogP contribution in [0.25, 0.3) is 0 Å². The van der Waals surface area contributed by atoms with Crippen molar-refractivity contribution in [2.75, 3.05) is 19.0 Å². The van der Waals surface area contributed by atoms with Gasteiger partial charge in [0.1, 0.15) is 5.82 Å². The Labute approximate surface area is 182 Å². The van der Waals surface area contributed by atoms with Gasteiger partial charge in [-0.3, -0.25) is 10.2 Å². The first kappa shape index (κ1) is 23.8. The molecule has 0 saturated heterocycles. The molecule has 0 amide bonds. The molecule has 2 rings (SSSR count). The van der Waals surface area contributed by atoms with E-state index in [2.05, 4.69) is 21.7 Å². The molecule has 0 aliphatic carbocycles. The lowest BCUT2D eigenvalue weighted by atomic mass is 10.0. The van der Waals surface area contributed by atoms with Crippen molar-refractivity contribution in [1.29, 1.82) is 16.2 Å². The van der Waals surface area contributed by atoms with Crippen LogP contribution in [0.1, 0.15) is 36.9 Å². The minimum absolute atomic E-state index is 0.0162. The molecule has 0 bridgehead atoms. The van der Waals surface area contributed by atoms with Crippen molar-refractivity contribution in [3.05, 3.63) is 47.3 Å². The number of aromatic nitrogens is 1. The lowest BCUT2D eigenvalue weighted by molar-refractivity contribution is -0.137. The Balaban J connectivity index is 1.98. The average Bonchev–Trinajstić information content (AvgIpc) is 2.76. The summed E-state index contributed by atoms with van der Waals surface area (Å²) in [4.78, 5) is 15.9. The van der Waals surface area contributed by atoms with Crippen molar-refractivity contribution in [2.45, 2.75) is 44.6 Å². The Bertz CT molecular complexity index is 878. The molecule has 1 atom stereocenters. The Morgan fingerprint density at radius 3 is 2.90 bits per heavy atom. The van der Waals surface area contributed by atoms with Crippen LogP contribution in [0.4, 0.5) is 5.82 Å². The monoisotopic (exact) mass is 426 g/mol. The van der Waals surface area contributed by atoms with Gasteiger partial charge in [-0.1, -0.05) is 6.07 Å². The molecular weight excluding hydrogens is 396 g/mol. The van der Waals surface area contributed by atoms with Crippen molar-refractivity contribution < 1.29 is 14.6 Å². The van der Waals surface area contributed by atoms with E-state index >= 15 is 0 Å². The van der Waals surface area contributed by atoms with Gasteiger partial charge in [0.15, 0.2) is 0 Å². The maximum Gasteiger partial charge on any atom is 0.305 e. The number of hydrogen-bond acceptors (Lipinski definition) is 8. The van der Waals surface area contributed by atoms with Crippen LogP contribution in [0.15, 0.2) is 36.1 Å². The van der Waals surface area contributed by atoms with Gasteiger partial charge in [0.05, 0.1) is 25.3 Å². The summed E-state index contributed by atoms with van der Waals surface area (Å²) in [5, 5.41) is 38.6. The first-order valence-electron chi connectivity index (χ1n) is 10.2. The maximum absolute atomic E-state index is 11.3. The highest BCUT2D eigenvalue weighted by Crippen LogP contribution is 2.20. The van der Waals surface area contributed by atoms with Crippen molar-refractivity contribution in [1.82, 2.24) is 10.3 Å². The van der Waals surface area contributed by atoms with E-state index in [0.29, 0.717) is 12.1 Å². The lowest BCUT2D eigenvalue weighted by Crippen LogP contribution is -2.37. The van der Waals surface area contributed by atoms with Crippen molar-refractivity contribution in [3.63, 3.8) is 0 Å². The molecule has 9 nitrogen and oxygen atoms in total. The number of hydrogen-bond donors (Lipinski definition) is 6. The van der Waals surface area contributed by atoms with Gasteiger partial charge in [0.2, 0.25) is 5.90 Å². The average molecular weight is 427 g/mol. The summed E-state index contributed by atoms with van der Waals surface area (Å²) in [7, 11) is 1.35. The summed E-state index contributed by atoms with van der Waals surface area (Å²) in [5.74, 6) is -0.209. The molecule has 0 saturated carbocycles. The second-order valence-electron chi connectivity index (χ2n) is 7.20. The molecule has 1 unspecified atom stereocenters. The summed E-state index contributed by atoms with van der Waals surface area (Å²) in [6, 6.07) is 3.37. The van der Waals surface area contributed by atoms with Gasteiger partial charge < -0.3 is 31.3 Å². The number of ether oxygens (including phenoxy) is 1. The summed E-state index contributed by atoms with van der Waals surface area (Å²) < 4.78 is 4.72. The topological polar surface area (TPSA) is 155 Å². The van der Waals surface area contributed by atoms with Gasteiger partial charge in [-0.05, 0) is 55.9 Å². The second-order valence-corrected chi connectivity index (χ2v) is 7.20. The molecule has 6 N–H and O–H groups in total. The Kier molecular flexibility index (Phi) is 9.41. The molecule has 9 heteroatoms. The molecule has 166 valence electrons. The number of carboxylic acid groups (broad SMARTS) is 1. The fourth-order valence-electron chi connectivity index (χ4n) is 3.26. The highest BCUT2D eigenvalue weighted by atomic mass is 16.5. The first-order chi connectivity index (χ1) is 14.9. The Morgan fingerprint density at radius 2 is 2.19 bits per heavy atom. The maximum atomic E-state index is 11.3. The van der Waals surface area contributed by atoms with Crippen LogP contribution < -0.4 is 10.6 Å². The standard InChI is InChI=1S/C22H30N6O3/c1-31-20(25)10-9-18(24)19(14-21(29)30)27-17(11-12-23)6-2-5-16-8-7-15-4-3-13-26-22(15)28-16/h7-12,19,23-25,27H,2-6,13-14H2,1H3,(H,26,28)(H,29,30)/b10-9-,17-11-,23-12?,24-18?,25-20?. The highest BCUT2D eigenvalue weighted by Gasteiger charge is 2.18. The van der Waals surface area contributed by atoms with E-state index < -0.39 is 12.0 Å². The van der Waals surface area contributed by atoms with Crippen molar-refractivity contribution >= 4 is 29.6 Å². The van der Waals surface area contributed by atoms with E-state index in [1.807, 2.05) is 6.07 Å². The van der Waals surface area contributed by atoms with Crippen LogP contribution in [0.3, 0.4) is 0 Å². The summed E-state index contributed by atoms with van der Waals surface area (Å²) in [6.07, 6.45) is 9.32. The lowest BCUT2D eigenvalue weighted by Gasteiger charge is -2.20. The van der Waals surface area contributed by atoms with Gasteiger partial charge in [-0.25, -0.2) is 4.98 Å². The van der Waals surface area contributed by atoms with Gasteiger partial charge in [-0.2, -0.15) is 0 Å². The first-order valence-corrected chi connectivity index (χ1v) is 10.2. The number of pyridine rings is 1. The molecule has 0 aromatic carbocycles. The quantitative estimate of drug-likeness (QED) is 0.223. The number of aryl methyl sites for hydroxylation is 2. The molecule has 1 aliphatic rings. The number of rotatable bonds is 12. The molecule has 0 fully saturated rings. The van der Waals surface area contributed by atoms with Crippen LogP contribution in [-0.4, -0.2) is 53.6 Å². The van der Waals surface area contributed by atoms with E-state index in [0.717, 1.165) is 50.0 Å². The van der Waals surface area contributed by atoms with E-state index in [9.17, 15) is 9.90 Å². The van der Waals surface area contributed by atoms with Crippen LogP contribution in [-0.2, 0) is 22.4 Å². The second kappa shape index (κ2) is 12.3. The van der Waals surface area contributed by atoms with Crippen LogP contribution in [0.5, 0.6) is 0 Å². The van der Waals surface area contributed by atoms with E-state index in [4.69, 9.17) is 21.0 Å². The Morgan fingerprint density at radius 1 is 1.39 bits per heavy atom. The SMILES string of the molecule is COC(=N)/C=C\C(=N)C(CC(=O)O)N/C(=C\C=N)CCCc1ccc2c(n1)NCCC2. The molecular formula is C22H30N6O3. The summed E-state index contributed by atoms with van der Waals surface area (Å²) >= 11 is 0. The van der Waals surface area contributed by atoms with Gasteiger partial charge in [-0.15, -0.1) is 0 Å². The van der Waals surface area contributed by atoms with E-state index in [-0.39, 0.29) is 18.0 Å². The molecule has 0 radical (unpaired) electrons. The number of carboxylic acids is 1. The number of fused-ring (bicyclic) bond motifs is 1. The minimum atomic E-state index is -1.04. The van der Waals surface area contributed by atoms with Crippen LogP contribution in [0, 0.1) is 16.2 Å². The van der Waals surface area contributed by atoms with Gasteiger partial charge in [0, 0.05) is 30.2 Å². The number of anilines is 1. The van der Waals surface area contributed by atoms with Crippen molar-refractivity contribution in [3.8, 4) is 0 Å². The number of aliphatic carboxylic acids is 1. The molecule has 1 aromatic heterocycles. The number of carbonyl (C=O) groups is 1. The zero-order valence-corrected chi connectivity index (χ0v) is 17.7. The molecule has 1 aromatic rings. The number of nitrogens with zero attached hydrogens (tertiary/aromatic N) is 1. The molecule has 2 heterocycles. The predicted octanol–water partition coefficient (Wildman–Crippen LogP) is 2.93. The van der Waals surface area contributed by atoms with E-state index in [1.165, 1.54) is 24.8 Å². The number of allylic oxidation sites excluding steroid dienone is 2. The fraction of sp³-hybridized carbons (Fsp3) is 0.409.